The molecular weight excluding hydrogens is 213 g/mol. The highest BCUT2D eigenvalue weighted by Gasteiger charge is 2.23. The molecule has 0 bridgehead atoms. The van der Waals surface area contributed by atoms with E-state index in [0.29, 0.717) is 12.0 Å². The van der Waals surface area contributed by atoms with Crippen LogP contribution in [0.2, 0.25) is 0 Å². The Hall–Kier alpha value is -0.890. The number of rotatable bonds is 4. The summed E-state index contributed by atoms with van der Waals surface area (Å²) in [5.41, 5.74) is 0.845. The van der Waals surface area contributed by atoms with Crippen LogP contribution in [0.5, 0.6) is 0 Å². The van der Waals surface area contributed by atoms with E-state index in [1.165, 1.54) is 32.1 Å². The lowest BCUT2D eigenvalue weighted by Gasteiger charge is -2.30. The van der Waals surface area contributed by atoms with Gasteiger partial charge in [-0.15, -0.1) is 0 Å². The summed E-state index contributed by atoms with van der Waals surface area (Å²) in [7, 11) is 2.00. The van der Waals surface area contributed by atoms with Gasteiger partial charge in [0.25, 0.3) is 0 Å². The molecule has 1 aliphatic carbocycles. The van der Waals surface area contributed by atoms with Crippen molar-refractivity contribution in [2.75, 3.05) is 7.05 Å². The zero-order chi connectivity index (χ0) is 12.1. The number of hydrogen-bond acceptors (Lipinski definition) is 1. The van der Waals surface area contributed by atoms with E-state index in [0.717, 1.165) is 12.0 Å². The second-order valence-electron chi connectivity index (χ2n) is 5.09. The van der Waals surface area contributed by atoms with Crippen molar-refractivity contribution >= 4 is 0 Å². The molecule has 1 atom stereocenters. The Bertz CT molecular complexity index is 345. The second-order valence-corrected chi connectivity index (χ2v) is 5.09. The van der Waals surface area contributed by atoms with E-state index in [1.54, 1.807) is 12.1 Å². The molecule has 0 radical (unpaired) electrons. The van der Waals surface area contributed by atoms with Gasteiger partial charge >= 0.3 is 0 Å². The fraction of sp³-hybridized carbons (Fsp3) is 0.600. The third kappa shape index (κ3) is 3.29. The van der Waals surface area contributed by atoms with Crippen LogP contribution in [0.25, 0.3) is 0 Å². The van der Waals surface area contributed by atoms with Gasteiger partial charge in [-0.3, -0.25) is 0 Å². The Kier molecular flexibility index (Phi) is 4.55. The number of hydrogen-bond donors (Lipinski definition) is 1. The van der Waals surface area contributed by atoms with E-state index in [1.807, 2.05) is 19.2 Å². The molecule has 1 fully saturated rings. The lowest BCUT2D eigenvalue weighted by atomic mass is 9.81. The van der Waals surface area contributed by atoms with Crippen LogP contribution in [0.3, 0.4) is 0 Å². The SMILES string of the molecule is CNC(Cc1ccccc1F)C1CCCCC1. The van der Waals surface area contributed by atoms with Crippen LogP contribution in [0.4, 0.5) is 4.39 Å². The van der Waals surface area contributed by atoms with Crippen LogP contribution in [0.1, 0.15) is 37.7 Å². The molecule has 0 heterocycles. The van der Waals surface area contributed by atoms with Crippen molar-refractivity contribution in [3.63, 3.8) is 0 Å². The summed E-state index contributed by atoms with van der Waals surface area (Å²) in [5, 5.41) is 3.38. The fourth-order valence-corrected chi connectivity index (χ4v) is 2.94. The molecule has 1 nitrogen and oxygen atoms in total. The molecule has 0 amide bonds. The summed E-state index contributed by atoms with van der Waals surface area (Å²) in [4.78, 5) is 0. The number of halogens is 1. The van der Waals surface area contributed by atoms with E-state index < -0.39 is 0 Å². The van der Waals surface area contributed by atoms with Gasteiger partial charge < -0.3 is 5.32 Å². The van der Waals surface area contributed by atoms with E-state index in [9.17, 15) is 4.39 Å². The maximum atomic E-state index is 13.6. The lowest BCUT2D eigenvalue weighted by Crippen LogP contribution is -2.36. The fourth-order valence-electron chi connectivity index (χ4n) is 2.94. The third-order valence-corrected chi connectivity index (χ3v) is 3.99. The molecule has 1 aromatic rings. The molecule has 0 spiro atoms. The molecule has 1 saturated carbocycles. The number of benzene rings is 1. The second kappa shape index (κ2) is 6.15. The normalized spacial score (nSPS) is 19.2. The first kappa shape index (κ1) is 12.6. The van der Waals surface area contributed by atoms with Crippen LogP contribution in [0, 0.1) is 11.7 Å². The molecule has 0 aliphatic heterocycles. The van der Waals surface area contributed by atoms with Gasteiger partial charge in [-0.1, -0.05) is 37.5 Å². The average molecular weight is 235 g/mol. The van der Waals surface area contributed by atoms with Gasteiger partial charge in [-0.2, -0.15) is 0 Å². The molecule has 1 unspecified atom stereocenters. The summed E-state index contributed by atoms with van der Waals surface area (Å²) < 4.78 is 13.6. The summed E-state index contributed by atoms with van der Waals surface area (Å²) in [6, 6.07) is 7.57. The van der Waals surface area contributed by atoms with Crippen molar-refractivity contribution in [3.05, 3.63) is 35.6 Å². The van der Waals surface area contributed by atoms with Crippen LogP contribution >= 0.6 is 0 Å². The highest BCUT2D eigenvalue weighted by molar-refractivity contribution is 5.18. The van der Waals surface area contributed by atoms with Gasteiger partial charge in [-0.25, -0.2) is 4.39 Å². The number of nitrogens with one attached hydrogen (secondary N) is 1. The van der Waals surface area contributed by atoms with E-state index >= 15 is 0 Å². The first-order valence-corrected chi connectivity index (χ1v) is 6.72. The van der Waals surface area contributed by atoms with Crippen LogP contribution in [0.15, 0.2) is 24.3 Å². The predicted molar refractivity (Wildman–Crippen MR) is 69.5 cm³/mol. The molecule has 0 saturated heterocycles. The topological polar surface area (TPSA) is 12.0 Å². The Morgan fingerprint density at radius 3 is 2.59 bits per heavy atom. The minimum Gasteiger partial charge on any atom is -0.316 e. The first-order valence-electron chi connectivity index (χ1n) is 6.72. The number of likely N-dealkylation sites (N-methyl/N-ethyl adjacent to an activating group) is 1. The maximum Gasteiger partial charge on any atom is 0.126 e. The minimum atomic E-state index is -0.0661. The third-order valence-electron chi connectivity index (χ3n) is 3.99. The van der Waals surface area contributed by atoms with Crippen LogP contribution < -0.4 is 5.32 Å². The molecule has 0 aromatic heterocycles. The zero-order valence-corrected chi connectivity index (χ0v) is 10.6. The van der Waals surface area contributed by atoms with Gasteiger partial charge in [0.15, 0.2) is 0 Å². The molecule has 1 aromatic carbocycles. The van der Waals surface area contributed by atoms with Gasteiger partial charge in [0, 0.05) is 6.04 Å². The lowest BCUT2D eigenvalue weighted by molar-refractivity contribution is 0.275. The van der Waals surface area contributed by atoms with Gasteiger partial charge in [0.1, 0.15) is 5.82 Å². The molecule has 17 heavy (non-hydrogen) atoms. The first-order chi connectivity index (χ1) is 8.31. The Balaban J connectivity index is 2.01. The Labute approximate surface area is 103 Å². The van der Waals surface area contributed by atoms with Crippen LogP contribution in [-0.4, -0.2) is 13.1 Å². The van der Waals surface area contributed by atoms with E-state index in [-0.39, 0.29) is 5.82 Å². The summed E-state index contributed by atoms with van der Waals surface area (Å²) in [5.74, 6) is 0.650. The summed E-state index contributed by atoms with van der Waals surface area (Å²) in [6.45, 7) is 0. The molecular formula is C15H22FN. The Morgan fingerprint density at radius 1 is 1.24 bits per heavy atom. The van der Waals surface area contributed by atoms with Gasteiger partial charge in [0.05, 0.1) is 0 Å². The largest absolute Gasteiger partial charge is 0.316 e. The summed E-state index contributed by atoms with van der Waals surface area (Å²) in [6.07, 6.45) is 7.43. The predicted octanol–water partition coefficient (Wildman–Crippen LogP) is 3.54. The van der Waals surface area contributed by atoms with Gasteiger partial charge in [-0.05, 0) is 43.9 Å². The molecule has 2 rings (SSSR count). The quantitative estimate of drug-likeness (QED) is 0.841. The van der Waals surface area contributed by atoms with E-state index in [2.05, 4.69) is 5.32 Å². The smallest absolute Gasteiger partial charge is 0.126 e. The van der Waals surface area contributed by atoms with Crippen molar-refractivity contribution in [1.82, 2.24) is 5.32 Å². The standard InChI is InChI=1S/C15H22FN/c1-17-15(12-7-3-2-4-8-12)11-13-9-5-6-10-14(13)16/h5-6,9-10,12,15,17H,2-4,7-8,11H2,1H3. The maximum absolute atomic E-state index is 13.6. The average Bonchev–Trinajstić information content (AvgIpc) is 2.39. The van der Waals surface area contributed by atoms with Crippen molar-refractivity contribution in [2.24, 2.45) is 5.92 Å². The molecule has 1 N–H and O–H groups in total. The Morgan fingerprint density at radius 2 is 1.94 bits per heavy atom. The highest BCUT2D eigenvalue weighted by atomic mass is 19.1. The minimum absolute atomic E-state index is 0.0661. The molecule has 2 heteroatoms. The molecule has 94 valence electrons. The monoisotopic (exact) mass is 235 g/mol. The molecule has 1 aliphatic rings. The van der Waals surface area contributed by atoms with Crippen LogP contribution in [-0.2, 0) is 6.42 Å². The summed E-state index contributed by atoms with van der Waals surface area (Å²) >= 11 is 0. The highest BCUT2D eigenvalue weighted by Crippen LogP contribution is 2.28. The van der Waals surface area contributed by atoms with Gasteiger partial charge in [0.2, 0.25) is 0 Å². The van der Waals surface area contributed by atoms with Crippen molar-refractivity contribution in [3.8, 4) is 0 Å². The zero-order valence-electron chi connectivity index (χ0n) is 10.6. The van der Waals surface area contributed by atoms with Crippen molar-refractivity contribution < 1.29 is 4.39 Å². The van der Waals surface area contributed by atoms with Crippen molar-refractivity contribution in [1.29, 1.82) is 0 Å². The van der Waals surface area contributed by atoms with Crippen molar-refractivity contribution in [2.45, 2.75) is 44.6 Å². The van der Waals surface area contributed by atoms with E-state index in [4.69, 9.17) is 0 Å².